The quantitative estimate of drug-likeness (QED) is 0.927. The standard InChI is InChI=1S/C19H20N2O2S/c1-13(2)20-19(23)15-8-9-17-16(10-15)21(18(22)12-24-17)11-14-6-4-3-5-7-14/h3-10,13H,11-12H2,1-2H3,(H,20,23). The number of carbonyl (C=O) groups is 2. The number of thioether (sulfide) groups is 1. The van der Waals surface area contributed by atoms with E-state index in [2.05, 4.69) is 5.32 Å². The molecule has 3 rings (SSSR count). The molecule has 0 spiro atoms. The van der Waals surface area contributed by atoms with Crippen molar-refractivity contribution in [1.82, 2.24) is 5.32 Å². The maximum Gasteiger partial charge on any atom is 0.251 e. The maximum atomic E-state index is 12.4. The Bertz CT molecular complexity index is 759. The number of carbonyl (C=O) groups excluding carboxylic acids is 2. The summed E-state index contributed by atoms with van der Waals surface area (Å²) in [6, 6.07) is 15.5. The number of fused-ring (bicyclic) bond motifs is 1. The Morgan fingerprint density at radius 3 is 2.67 bits per heavy atom. The molecule has 1 heterocycles. The van der Waals surface area contributed by atoms with Crippen LogP contribution in [-0.4, -0.2) is 23.6 Å². The minimum atomic E-state index is -0.115. The van der Waals surface area contributed by atoms with Crippen LogP contribution in [0.25, 0.3) is 0 Å². The van der Waals surface area contributed by atoms with Crippen LogP contribution in [0.2, 0.25) is 0 Å². The first-order valence-corrected chi connectivity index (χ1v) is 8.95. The molecule has 0 aliphatic carbocycles. The van der Waals surface area contributed by atoms with Crippen molar-refractivity contribution in [2.45, 2.75) is 31.3 Å². The van der Waals surface area contributed by atoms with Gasteiger partial charge in [-0.3, -0.25) is 9.59 Å². The second-order valence-corrected chi connectivity index (χ2v) is 7.08. The Hall–Kier alpha value is -2.27. The van der Waals surface area contributed by atoms with Gasteiger partial charge < -0.3 is 10.2 Å². The van der Waals surface area contributed by atoms with E-state index in [-0.39, 0.29) is 17.9 Å². The summed E-state index contributed by atoms with van der Waals surface area (Å²) in [5.41, 5.74) is 2.47. The second kappa shape index (κ2) is 7.09. The number of nitrogens with one attached hydrogen (secondary N) is 1. The zero-order valence-corrected chi connectivity index (χ0v) is 14.6. The largest absolute Gasteiger partial charge is 0.350 e. The summed E-state index contributed by atoms with van der Waals surface area (Å²) in [4.78, 5) is 27.5. The summed E-state index contributed by atoms with van der Waals surface area (Å²) >= 11 is 1.52. The maximum absolute atomic E-state index is 12.4. The summed E-state index contributed by atoms with van der Waals surface area (Å²) in [7, 11) is 0. The van der Waals surface area contributed by atoms with Crippen LogP contribution in [0.15, 0.2) is 53.4 Å². The molecule has 24 heavy (non-hydrogen) atoms. The molecule has 0 bridgehead atoms. The highest BCUT2D eigenvalue weighted by Gasteiger charge is 2.26. The third-order valence-electron chi connectivity index (χ3n) is 3.77. The summed E-state index contributed by atoms with van der Waals surface area (Å²) in [5, 5.41) is 2.89. The number of hydrogen-bond donors (Lipinski definition) is 1. The van der Waals surface area contributed by atoms with E-state index < -0.39 is 0 Å². The first kappa shape index (κ1) is 16.6. The Labute approximate surface area is 146 Å². The van der Waals surface area contributed by atoms with Gasteiger partial charge in [-0.1, -0.05) is 30.3 Å². The number of nitrogens with zero attached hydrogens (tertiary/aromatic N) is 1. The number of amides is 2. The third-order valence-corrected chi connectivity index (χ3v) is 4.81. The van der Waals surface area contributed by atoms with E-state index in [1.165, 1.54) is 11.8 Å². The van der Waals surface area contributed by atoms with Crippen molar-refractivity contribution in [3.8, 4) is 0 Å². The number of rotatable bonds is 4. The van der Waals surface area contributed by atoms with Gasteiger partial charge in [0.15, 0.2) is 0 Å². The van der Waals surface area contributed by atoms with Crippen LogP contribution < -0.4 is 10.2 Å². The molecule has 0 aromatic heterocycles. The lowest BCUT2D eigenvalue weighted by molar-refractivity contribution is -0.116. The highest BCUT2D eigenvalue weighted by molar-refractivity contribution is 8.00. The van der Waals surface area contributed by atoms with Gasteiger partial charge in [0, 0.05) is 16.5 Å². The van der Waals surface area contributed by atoms with Crippen LogP contribution in [0, 0.1) is 0 Å². The first-order chi connectivity index (χ1) is 11.5. The SMILES string of the molecule is CC(C)NC(=O)c1ccc2c(c1)N(Cc1ccccc1)C(=O)CS2. The van der Waals surface area contributed by atoms with Crippen LogP contribution in [0.1, 0.15) is 29.8 Å². The third kappa shape index (κ3) is 3.62. The summed E-state index contributed by atoms with van der Waals surface area (Å²) in [6.07, 6.45) is 0. The van der Waals surface area contributed by atoms with Crippen LogP contribution in [-0.2, 0) is 11.3 Å². The molecule has 0 saturated heterocycles. The van der Waals surface area contributed by atoms with Crippen molar-refractivity contribution in [3.05, 3.63) is 59.7 Å². The van der Waals surface area contributed by atoms with E-state index in [1.807, 2.05) is 62.4 Å². The number of benzene rings is 2. The van der Waals surface area contributed by atoms with Gasteiger partial charge in [-0.05, 0) is 37.6 Å². The molecule has 2 aromatic rings. The topological polar surface area (TPSA) is 49.4 Å². The van der Waals surface area contributed by atoms with E-state index in [9.17, 15) is 9.59 Å². The molecular weight excluding hydrogens is 320 g/mol. The zero-order chi connectivity index (χ0) is 17.1. The molecule has 2 aromatic carbocycles. The fourth-order valence-corrected chi connectivity index (χ4v) is 3.54. The molecule has 0 fully saturated rings. The number of hydrogen-bond acceptors (Lipinski definition) is 3. The fraction of sp³-hybridized carbons (Fsp3) is 0.263. The minimum Gasteiger partial charge on any atom is -0.350 e. The van der Waals surface area contributed by atoms with Gasteiger partial charge in [0.25, 0.3) is 5.91 Å². The predicted octanol–water partition coefficient (Wildman–Crippen LogP) is 3.46. The zero-order valence-electron chi connectivity index (χ0n) is 13.8. The smallest absolute Gasteiger partial charge is 0.251 e. The molecule has 0 unspecified atom stereocenters. The second-order valence-electron chi connectivity index (χ2n) is 6.06. The normalized spacial score (nSPS) is 13.8. The lowest BCUT2D eigenvalue weighted by Crippen LogP contribution is -2.35. The first-order valence-electron chi connectivity index (χ1n) is 7.96. The Morgan fingerprint density at radius 2 is 1.96 bits per heavy atom. The van der Waals surface area contributed by atoms with E-state index in [0.717, 1.165) is 16.1 Å². The van der Waals surface area contributed by atoms with Gasteiger partial charge in [-0.15, -0.1) is 11.8 Å². The van der Waals surface area contributed by atoms with E-state index in [0.29, 0.717) is 17.9 Å². The van der Waals surface area contributed by atoms with E-state index in [4.69, 9.17) is 0 Å². The summed E-state index contributed by atoms with van der Waals surface area (Å²) < 4.78 is 0. The average molecular weight is 340 g/mol. The van der Waals surface area contributed by atoms with Gasteiger partial charge in [-0.2, -0.15) is 0 Å². The molecule has 0 atom stereocenters. The van der Waals surface area contributed by atoms with Crippen molar-refractivity contribution in [1.29, 1.82) is 0 Å². The van der Waals surface area contributed by atoms with Crippen molar-refractivity contribution in [3.63, 3.8) is 0 Å². The lowest BCUT2D eigenvalue weighted by atomic mass is 10.1. The Morgan fingerprint density at radius 1 is 1.21 bits per heavy atom. The fourth-order valence-electron chi connectivity index (χ4n) is 2.63. The monoisotopic (exact) mass is 340 g/mol. The molecule has 4 nitrogen and oxygen atoms in total. The molecule has 1 aliphatic heterocycles. The molecule has 0 radical (unpaired) electrons. The van der Waals surface area contributed by atoms with Crippen LogP contribution in [0.4, 0.5) is 5.69 Å². The van der Waals surface area contributed by atoms with Gasteiger partial charge >= 0.3 is 0 Å². The molecule has 1 N–H and O–H groups in total. The van der Waals surface area contributed by atoms with Crippen molar-refractivity contribution in [2.24, 2.45) is 0 Å². The van der Waals surface area contributed by atoms with Crippen LogP contribution in [0.5, 0.6) is 0 Å². The van der Waals surface area contributed by atoms with Crippen molar-refractivity contribution in [2.75, 3.05) is 10.7 Å². The molecular formula is C19H20N2O2S. The highest BCUT2D eigenvalue weighted by Crippen LogP contribution is 2.36. The Kier molecular flexibility index (Phi) is 4.90. The predicted molar refractivity (Wildman–Crippen MR) is 97.4 cm³/mol. The molecule has 5 heteroatoms. The van der Waals surface area contributed by atoms with Gasteiger partial charge in [0.2, 0.25) is 5.91 Å². The van der Waals surface area contributed by atoms with Crippen molar-refractivity contribution >= 4 is 29.3 Å². The summed E-state index contributed by atoms with van der Waals surface area (Å²) in [6.45, 7) is 4.37. The van der Waals surface area contributed by atoms with Gasteiger partial charge in [0.05, 0.1) is 18.0 Å². The van der Waals surface area contributed by atoms with Crippen molar-refractivity contribution < 1.29 is 9.59 Å². The Balaban J connectivity index is 1.92. The minimum absolute atomic E-state index is 0.0674. The lowest BCUT2D eigenvalue weighted by Gasteiger charge is -2.29. The van der Waals surface area contributed by atoms with Gasteiger partial charge in [-0.25, -0.2) is 0 Å². The average Bonchev–Trinajstić information content (AvgIpc) is 2.57. The molecule has 124 valence electrons. The van der Waals surface area contributed by atoms with E-state index >= 15 is 0 Å². The number of anilines is 1. The molecule has 0 saturated carbocycles. The molecule has 2 amide bonds. The molecule has 1 aliphatic rings. The van der Waals surface area contributed by atoms with Gasteiger partial charge in [0.1, 0.15) is 0 Å². The highest BCUT2D eigenvalue weighted by atomic mass is 32.2. The van der Waals surface area contributed by atoms with Crippen LogP contribution in [0.3, 0.4) is 0 Å². The van der Waals surface area contributed by atoms with Crippen LogP contribution >= 0.6 is 11.8 Å². The summed E-state index contributed by atoms with van der Waals surface area (Å²) in [5.74, 6) is 0.380. The van der Waals surface area contributed by atoms with E-state index in [1.54, 1.807) is 4.90 Å².